The Labute approximate surface area is 157 Å². The highest BCUT2D eigenvalue weighted by Gasteiger charge is 2.16. The third kappa shape index (κ3) is 3.83. The minimum absolute atomic E-state index is 0.113. The monoisotopic (exact) mass is 362 g/mol. The topological polar surface area (TPSA) is 92.4 Å². The summed E-state index contributed by atoms with van der Waals surface area (Å²) in [4.78, 5) is 24.6. The third-order valence-electron chi connectivity index (χ3n) is 4.66. The maximum Gasteiger partial charge on any atom is 0.251 e. The highest BCUT2D eigenvalue weighted by atomic mass is 16.3. The van der Waals surface area contributed by atoms with Crippen LogP contribution in [0.3, 0.4) is 0 Å². The highest BCUT2D eigenvalue weighted by molar-refractivity contribution is 6.12. The molecular weight excluding hydrogens is 340 g/mol. The van der Waals surface area contributed by atoms with Gasteiger partial charge in [0.25, 0.3) is 5.91 Å². The van der Waals surface area contributed by atoms with Crippen molar-refractivity contribution in [1.29, 1.82) is 0 Å². The quantitative estimate of drug-likeness (QED) is 0.629. The Kier molecular flexibility index (Phi) is 5.52. The van der Waals surface area contributed by atoms with Crippen molar-refractivity contribution in [1.82, 2.24) is 5.32 Å². The molecule has 3 aromatic carbocycles. The van der Waals surface area contributed by atoms with Crippen LogP contribution in [0.1, 0.15) is 34.1 Å². The van der Waals surface area contributed by atoms with Crippen molar-refractivity contribution in [3.05, 3.63) is 71.8 Å². The number of aliphatic hydroxyl groups is 1. The third-order valence-corrected chi connectivity index (χ3v) is 4.66. The Morgan fingerprint density at radius 1 is 1.07 bits per heavy atom. The summed E-state index contributed by atoms with van der Waals surface area (Å²) in [6.07, 6.45) is 0.637. The fourth-order valence-corrected chi connectivity index (χ4v) is 3.15. The molecule has 0 heterocycles. The van der Waals surface area contributed by atoms with Gasteiger partial charge in [0.2, 0.25) is 5.91 Å². The second kappa shape index (κ2) is 8.01. The van der Waals surface area contributed by atoms with E-state index in [0.29, 0.717) is 23.1 Å². The lowest BCUT2D eigenvalue weighted by atomic mass is 9.93. The van der Waals surface area contributed by atoms with E-state index in [9.17, 15) is 14.7 Å². The van der Waals surface area contributed by atoms with Gasteiger partial charge in [-0.2, -0.15) is 0 Å². The number of carbonyl (C=O) groups is 2. The molecule has 5 heteroatoms. The molecule has 0 saturated heterocycles. The molecule has 27 heavy (non-hydrogen) atoms. The first-order valence-electron chi connectivity index (χ1n) is 8.88. The first kappa shape index (κ1) is 18.6. The van der Waals surface area contributed by atoms with E-state index in [0.717, 1.165) is 16.3 Å². The number of hydrogen-bond donors (Lipinski definition) is 3. The Balaban J connectivity index is 2.06. The van der Waals surface area contributed by atoms with E-state index in [-0.39, 0.29) is 18.6 Å². The van der Waals surface area contributed by atoms with Gasteiger partial charge in [-0.15, -0.1) is 0 Å². The molecule has 5 nitrogen and oxygen atoms in total. The number of carbonyl (C=O) groups excluding carboxylic acids is 2. The number of hydrogen-bond acceptors (Lipinski definition) is 3. The van der Waals surface area contributed by atoms with Crippen molar-refractivity contribution in [3.8, 4) is 11.1 Å². The van der Waals surface area contributed by atoms with Gasteiger partial charge in [-0.1, -0.05) is 55.5 Å². The largest absolute Gasteiger partial charge is 0.394 e. The maximum atomic E-state index is 12.5. The standard InChI is InChI=1S/C22H22N2O3/c1-2-17(13-25)24-22(27)16-8-5-7-15(12-16)19-11-10-14-6-3-4-9-18(14)20(19)21(23)26/h3-12,17,25H,2,13H2,1H3,(H2,23,26)(H,24,27). The van der Waals surface area contributed by atoms with E-state index in [1.807, 2.05) is 49.4 Å². The number of nitrogens with one attached hydrogen (secondary N) is 1. The zero-order valence-electron chi connectivity index (χ0n) is 15.1. The van der Waals surface area contributed by atoms with Gasteiger partial charge < -0.3 is 16.2 Å². The molecule has 138 valence electrons. The van der Waals surface area contributed by atoms with Gasteiger partial charge in [-0.3, -0.25) is 9.59 Å². The number of amides is 2. The Hall–Kier alpha value is -3.18. The summed E-state index contributed by atoms with van der Waals surface area (Å²) >= 11 is 0. The van der Waals surface area contributed by atoms with Gasteiger partial charge in [-0.05, 0) is 40.5 Å². The van der Waals surface area contributed by atoms with Crippen molar-refractivity contribution >= 4 is 22.6 Å². The molecule has 2 amide bonds. The Morgan fingerprint density at radius 3 is 2.56 bits per heavy atom. The molecule has 0 saturated carbocycles. The Morgan fingerprint density at radius 2 is 1.85 bits per heavy atom. The fraction of sp³-hybridized carbons (Fsp3) is 0.182. The van der Waals surface area contributed by atoms with Gasteiger partial charge in [0, 0.05) is 5.56 Å². The molecule has 0 aromatic heterocycles. The van der Waals surface area contributed by atoms with Crippen molar-refractivity contribution in [2.24, 2.45) is 5.73 Å². The van der Waals surface area contributed by atoms with Crippen LogP contribution < -0.4 is 11.1 Å². The normalized spacial score (nSPS) is 11.9. The van der Waals surface area contributed by atoms with E-state index in [4.69, 9.17) is 5.73 Å². The summed E-state index contributed by atoms with van der Waals surface area (Å²) in [5.41, 5.74) is 7.99. The predicted molar refractivity (Wildman–Crippen MR) is 107 cm³/mol. The summed E-state index contributed by atoms with van der Waals surface area (Å²) in [6.45, 7) is 1.78. The maximum absolute atomic E-state index is 12.5. The van der Waals surface area contributed by atoms with Crippen LogP contribution in [0.25, 0.3) is 21.9 Å². The van der Waals surface area contributed by atoms with Crippen LogP contribution in [0.2, 0.25) is 0 Å². The second-order valence-electron chi connectivity index (χ2n) is 6.42. The summed E-state index contributed by atoms with van der Waals surface area (Å²) < 4.78 is 0. The zero-order chi connectivity index (χ0) is 19.4. The molecule has 0 aliphatic rings. The van der Waals surface area contributed by atoms with Crippen molar-refractivity contribution in [3.63, 3.8) is 0 Å². The lowest BCUT2D eigenvalue weighted by Crippen LogP contribution is -2.36. The number of rotatable bonds is 6. The van der Waals surface area contributed by atoms with Crippen LogP contribution in [0.4, 0.5) is 0 Å². The second-order valence-corrected chi connectivity index (χ2v) is 6.42. The first-order valence-corrected chi connectivity index (χ1v) is 8.88. The van der Waals surface area contributed by atoms with Crippen molar-refractivity contribution < 1.29 is 14.7 Å². The van der Waals surface area contributed by atoms with E-state index in [1.165, 1.54) is 0 Å². The van der Waals surface area contributed by atoms with Gasteiger partial charge in [0.1, 0.15) is 0 Å². The molecule has 1 atom stereocenters. The van der Waals surface area contributed by atoms with Gasteiger partial charge in [0.15, 0.2) is 0 Å². The SMILES string of the molecule is CCC(CO)NC(=O)c1cccc(-c2ccc3ccccc3c2C(N)=O)c1. The van der Waals surface area contributed by atoms with Crippen LogP contribution in [0, 0.1) is 0 Å². The summed E-state index contributed by atoms with van der Waals surface area (Å²) in [5.74, 6) is -0.776. The minimum Gasteiger partial charge on any atom is -0.394 e. The van der Waals surface area contributed by atoms with Crippen LogP contribution in [0.5, 0.6) is 0 Å². The number of benzene rings is 3. The first-order chi connectivity index (χ1) is 13.0. The van der Waals surface area contributed by atoms with Crippen LogP contribution in [-0.2, 0) is 0 Å². The Bertz CT molecular complexity index is 994. The number of aliphatic hydroxyl groups excluding tert-OH is 1. The summed E-state index contributed by atoms with van der Waals surface area (Å²) in [7, 11) is 0. The average molecular weight is 362 g/mol. The number of nitrogens with two attached hydrogens (primary N) is 1. The summed E-state index contributed by atoms with van der Waals surface area (Å²) in [5, 5.41) is 13.8. The van der Waals surface area contributed by atoms with Gasteiger partial charge in [0.05, 0.1) is 18.2 Å². The van der Waals surface area contributed by atoms with Crippen molar-refractivity contribution in [2.45, 2.75) is 19.4 Å². The molecule has 4 N–H and O–H groups in total. The molecule has 0 radical (unpaired) electrons. The van der Waals surface area contributed by atoms with Crippen LogP contribution in [-0.4, -0.2) is 29.6 Å². The summed E-state index contributed by atoms with van der Waals surface area (Å²) in [6, 6.07) is 18.1. The van der Waals surface area contributed by atoms with Gasteiger partial charge >= 0.3 is 0 Å². The molecule has 3 aromatic rings. The molecule has 0 aliphatic heterocycles. The van der Waals surface area contributed by atoms with Crippen LogP contribution in [0.15, 0.2) is 60.7 Å². The van der Waals surface area contributed by atoms with E-state index in [2.05, 4.69) is 5.32 Å². The minimum atomic E-state index is -0.511. The molecule has 0 aliphatic carbocycles. The molecule has 0 bridgehead atoms. The molecule has 1 unspecified atom stereocenters. The van der Waals surface area contributed by atoms with E-state index < -0.39 is 5.91 Å². The average Bonchev–Trinajstić information content (AvgIpc) is 2.70. The molecular formula is C22H22N2O3. The van der Waals surface area contributed by atoms with E-state index >= 15 is 0 Å². The van der Waals surface area contributed by atoms with Crippen LogP contribution >= 0.6 is 0 Å². The molecule has 3 rings (SSSR count). The van der Waals surface area contributed by atoms with Gasteiger partial charge in [-0.25, -0.2) is 0 Å². The number of primary amides is 1. The zero-order valence-corrected chi connectivity index (χ0v) is 15.1. The fourth-order valence-electron chi connectivity index (χ4n) is 3.15. The predicted octanol–water partition coefficient (Wildman–Crippen LogP) is 3.11. The van der Waals surface area contributed by atoms with Crippen molar-refractivity contribution in [2.75, 3.05) is 6.61 Å². The highest BCUT2D eigenvalue weighted by Crippen LogP contribution is 2.30. The smallest absolute Gasteiger partial charge is 0.251 e. The molecule has 0 fully saturated rings. The lowest BCUT2D eigenvalue weighted by molar-refractivity contribution is 0.0914. The van der Waals surface area contributed by atoms with E-state index in [1.54, 1.807) is 18.2 Å². The molecule has 0 spiro atoms. The lowest BCUT2D eigenvalue weighted by Gasteiger charge is -2.15. The number of fused-ring (bicyclic) bond motifs is 1.